The molecule has 3 N–H and O–H groups in total. The van der Waals surface area contributed by atoms with Crippen molar-refractivity contribution in [3.05, 3.63) is 30.3 Å². The molecule has 0 saturated carbocycles. The van der Waals surface area contributed by atoms with E-state index in [4.69, 9.17) is 0 Å². The number of likely N-dealkylation sites (tertiary alicyclic amines) is 1. The van der Waals surface area contributed by atoms with Gasteiger partial charge in [0.15, 0.2) is 0 Å². The number of nitrogens with one attached hydrogen (secondary N) is 3. The number of amides is 3. The van der Waals surface area contributed by atoms with Gasteiger partial charge in [0.2, 0.25) is 5.91 Å². The Labute approximate surface area is 161 Å². The van der Waals surface area contributed by atoms with Crippen molar-refractivity contribution >= 4 is 17.6 Å². The lowest BCUT2D eigenvalue weighted by atomic mass is 10.0. The molecule has 7 heteroatoms. The zero-order valence-corrected chi connectivity index (χ0v) is 16.0. The third kappa shape index (κ3) is 6.22. The van der Waals surface area contributed by atoms with E-state index in [0.29, 0.717) is 19.0 Å². The monoisotopic (exact) mass is 373 g/mol. The fourth-order valence-electron chi connectivity index (χ4n) is 3.80. The zero-order valence-electron chi connectivity index (χ0n) is 16.0. The van der Waals surface area contributed by atoms with Crippen LogP contribution in [0.1, 0.15) is 25.7 Å². The Hall–Kier alpha value is -2.12. The minimum Gasteiger partial charge on any atom is -0.340 e. The van der Waals surface area contributed by atoms with Gasteiger partial charge in [-0.1, -0.05) is 24.6 Å². The number of carbonyl (C=O) groups is 2. The molecule has 1 unspecified atom stereocenters. The molecule has 3 rings (SSSR count). The van der Waals surface area contributed by atoms with E-state index in [-0.39, 0.29) is 11.9 Å². The zero-order chi connectivity index (χ0) is 18.9. The molecule has 0 aromatic heterocycles. The van der Waals surface area contributed by atoms with Crippen LogP contribution in [-0.4, -0.2) is 73.6 Å². The molecule has 1 atom stereocenters. The number of hydrogen-bond acceptors (Lipinski definition) is 4. The van der Waals surface area contributed by atoms with Crippen molar-refractivity contribution in [2.24, 2.45) is 0 Å². The van der Waals surface area contributed by atoms with Crippen molar-refractivity contribution in [3.8, 4) is 0 Å². The quantitative estimate of drug-likeness (QED) is 0.706. The Balaban J connectivity index is 1.42. The summed E-state index contributed by atoms with van der Waals surface area (Å²) in [6, 6.07) is 9.58. The number of para-hydroxylation sites is 1. The first-order valence-electron chi connectivity index (χ1n) is 10.0. The highest BCUT2D eigenvalue weighted by atomic mass is 16.2. The van der Waals surface area contributed by atoms with E-state index in [1.54, 1.807) is 0 Å². The van der Waals surface area contributed by atoms with Gasteiger partial charge in [-0.05, 0) is 31.5 Å². The van der Waals surface area contributed by atoms with E-state index < -0.39 is 0 Å². The van der Waals surface area contributed by atoms with Gasteiger partial charge in [-0.2, -0.15) is 0 Å². The molecule has 2 heterocycles. The largest absolute Gasteiger partial charge is 0.340 e. The van der Waals surface area contributed by atoms with Crippen LogP contribution in [0.2, 0.25) is 0 Å². The summed E-state index contributed by atoms with van der Waals surface area (Å²) in [7, 11) is 0. The predicted molar refractivity (Wildman–Crippen MR) is 107 cm³/mol. The van der Waals surface area contributed by atoms with Crippen LogP contribution in [0.4, 0.5) is 10.5 Å². The molecule has 2 fully saturated rings. The summed E-state index contributed by atoms with van der Waals surface area (Å²) in [5.74, 6) is 0.246. The first-order chi connectivity index (χ1) is 13.2. The van der Waals surface area contributed by atoms with E-state index in [0.717, 1.165) is 57.8 Å². The Bertz CT molecular complexity index is 604. The maximum absolute atomic E-state index is 12.4. The topological polar surface area (TPSA) is 76.7 Å². The summed E-state index contributed by atoms with van der Waals surface area (Å²) in [6.07, 6.45) is 3.96. The third-order valence-corrected chi connectivity index (χ3v) is 5.36. The number of urea groups is 1. The molecule has 2 saturated heterocycles. The van der Waals surface area contributed by atoms with Gasteiger partial charge in [0.1, 0.15) is 0 Å². The van der Waals surface area contributed by atoms with Gasteiger partial charge in [0.05, 0.1) is 0 Å². The van der Waals surface area contributed by atoms with Crippen molar-refractivity contribution in [1.29, 1.82) is 0 Å². The third-order valence-electron chi connectivity index (χ3n) is 5.36. The molecule has 0 bridgehead atoms. The van der Waals surface area contributed by atoms with Crippen LogP contribution in [0.3, 0.4) is 0 Å². The summed E-state index contributed by atoms with van der Waals surface area (Å²) < 4.78 is 0. The van der Waals surface area contributed by atoms with Crippen LogP contribution in [0, 0.1) is 0 Å². The van der Waals surface area contributed by atoms with E-state index >= 15 is 0 Å². The first-order valence-corrected chi connectivity index (χ1v) is 10.0. The smallest absolute Gasteiger partial charge is 0.319 e. The Kier molecular flexibility index (Phi) is 7.47. The lowest BCUT2D eigenvalue weighted by Crippen LogP contribution is -2.50. The first kappa shape index (κ1) is 19.6. The number of nitrogens with zero attached hydrogens (tertiary/aromatic N) is 2. The second kappa shape index (κ2) is 10.3. The molecule has 2 aliphatic heterocycles. The van der Waals surface area contributed by atoms with E-state index in [1.165, 1.54) is 6.42 Å². The number of benzene rings is 1. The van der Waals surface area contributed by atoms with Gasteiger partial charge in [-0.25, -0.2) is 4.79 Å². The van der Waals surface area contributed by atoms with Crippen LogP contribution in [-0.2, 0) is 4.79 Å². The number of carbonyl (C=O) groups excluding carboxylic acids is 2. The van der Waals surface area contributed by atoms with Gasteiger partial charge in [0.25, 0.3) is 0 Å². The van der Waals surface area contributed by atoms with Crippen molar-refractivity contribution in [1.82, 2.24) is 20.4 Å². The summed E-state index contributed by atoms with van der Waals surface area (Å²) in [4.78, 5) is 28.9. The lowest BCUT2D eigenvalue weighted by molar-refractivity contribution is -0.132. The summed E-state index contributed by atoms with van der Waals surface area (Å²) in [5, 5.41) is 9.12. The molecule has 2 aliphatic rings. The standard InChI is InChI=1S/C20H31N5O2/c26-19(25-14-10-21-11-15-25)9-13-24-12-5-4-8-18(24)16-22-20(27)23-17-6-2-1-3-7-17/h1-3,6-7,18,21H,4-5,8-16H2,(H2,22,23,27). The molecule has 27 heavy (non-hydrogen) atoms. The average Bonchev–Trinajstić information content (AvgIpc) is 2.72. The number of hydrogen-bond donors (Lipinski definition) is 3. The number of piperidine rings is 1. The predicted octanol–water partition coefficient (Wildman–Crippen LogP) is 1.48. The Morgan fingerprint density at radius 1 is 1.07 bits per heavy atom. The molecule has 0 spiro atoms. The maximum atomic E-state index is 12.4. The van der Waals surface area contributed by atoms with Crippen LogP contribution in [0.25, 0.3) is 0 Å². The Morgan fingerprint density at radius 3 is 2.63 bits per heavy atom. The van der Waals surface area contributed by atoms with Crippen LogP contribution < -0.4 is 16.0 Å². The van der Waals surface area contributed by atoms with Crippen LogP contribution in [0.15, 0.2) is 30.3 Å². The van der Waals surface area contributed by atoms with Gasteiger partial charge in [-0.3, -0.25) is 9.69 Å². The van der Waals surface area contributed by atoms with Gasteiger partial charge in [0, 0.05) is 57.4 Å². The SMILES string of the molecule is O=C(NCC1CCCCN1CCC(=O)N1CCNCC1)Nc1ccccc1. The molecule has 0 aliphatic carbocycles. The molecule has 1 aromatic rings. The number of piperazine rings is 1. The maximum Gasteiger partial charge on any atom is 0.319 e. The van der Waals surface area contributed by atoms with Crippen LogP contribution in [0.5, 0.6) is 0 Å². The summed E-state index contributed by atoms with van der Waals surface area (Å²) in [5.41, 5.74) is 0.789. The van der Waals surface area contributed by atoms with Crippen molar-refractivity contribution in [3.63, 3.8) is 0 Å². The molecule has 0 radical (unpaired) electrons. The van der Waals surface area contributed by atoms with Crippen molar-refractivity contribution in [2.75, 3.05) is 51.1 Å². The second-order valence-electron chi connectivity index (χ2n) is 7.27. The van der Waals surface area contributed by atoms with Gasteiger partial charge in [-0.15, -0.1) is 0 Å². The normalized spacial score (nSPS) is 20.9. The van der Waals surface area contributed by atoms with E-state index in [2.05, 4.69) is 20.9 Å². The molecule has 7 nitrogen and oxygen atoms in total. The lowest BCUT2D eigenvalue weighted by Gasteiger charge is -2.36. The fraction of sp³-hybridized carbons (Fsp3) is 0.600. The average molecular weight is 374 g/mol. The van der Waals surface area contributed by atoms with E-state index in [1.807, 2.05) is 35.2 Å². The van der Waals surface area contributed by atoms with Crippen molar-refractivity contribution < 1.29 is 9.59 Å². The fourth-order valence-corrected chi connectivity index (χ4v) is 3.80. The summed E-state index contributed by atoms with van der Waals surface area (Å²) in [6.45, 7) is 5.78. The number of anilines is 1. The van der Waals surface area contributed by atoms with Gasteiger partial charge >= 0.3 is 6.03 Å². The van der Waals surface area contributed by atoms with E-state index in [9.17, 15) is 9.59 Å². The Morgan fingerprint density at radius 2 is 1.85 bits per heavy atom. The highest BCUT2D eigenvalue weighted by Gasteiger charge is 2.24. The highest BCUT2D eigenvalue weighted by molar-refractivity contribution is 5.89. The van der Waals surface area contributed by atoms with Crippen molar-refractivity contribution in [2.45, 2.75) is 31.7 Å². The van der Waals surface area contributed by atoms with Crippen LogP contribution >= 0.6 is 0 Å². The molecular formula is C20H31N5O2. The molecular weight excluding hydrogens is 342 g/mol. The molecule has 148 valence electrons. The second-order valence-corrected chi connectivity index (χ2v) is 7.27. The molecule has 1 aromatic carbocycles. The van der Waals surface area contributed by atoms with Gasteiger partial charge < -0.3 is 20.9 Å². The summed E-state index contributed by atoms with van der Waals surface area (Å²) >= 11 is 0. The molecule has 3 amide bonds. The minimum atomic E-state index is -0.177. The minimum absolute atomic E-state index is 0.177. The number of rotatable bonds is 6. The highest BCUT2D eigenvalue weighted by Crippen LogP contribution is 2.17.